The second-order valence-electron chi connectivity index (χ2n) is 5.92. The van der Waals surface area contributed by atoms with Crippen molar-refractivity contribution in [2.45, 2.75) is 24.9 Å². The van der Waals surface area contributed by atoms with E-state index in [2.05, 4.69) is 25.3 Å². The average molecular weight is 418 g/mol. The van der Waals surface area contributed by atoms with Gasteiger partial charge in [0.15, 0.2) is 5.16 Å². The Kier molecular flexibility index (Phi) is 8.41. The van der Waals surface area contributed by atoms with Crippen LogP contribution in [-0.4, -0.2) is 47.2 Å². The summed E-state index contributed by atoms with van der Waals surface area (Å²) in [5.41, 5.74) is 1.53. The number of para-hydroxylation sites is 1. The van der Waals surface area contributed by atoms with E-state index in [9.17, 15) is 19.2 Å². The fourth-order valence-electron chi connectivity index (χ4n) is 2.37. The molecule has 2 amide bonds. The Morgan fingerprint density at radius 2 is 1.97 bits per heavy atom. The number of hydrogen-bond donors (Lipinski definition) is 3. The summed E-state index contributed by atoms with van der Waals surface area (Å²) in [7, 11) is 1.24. The molecule has 0 saturated carbocycles. The molecule has 9 nitrogen and oxygen atoms in total. The van der Waals surface area contributed by atoms with Gasteiger partial charge in [0.2, 0.25) is 11.8 Å². The molecule has 0 unspecified atom stereocenters. The van der Waals surface area contributed by atoms with Gasteiger partial charge in [-0.3, -0.25) is 19.2 Å². The van der Waals surface area contributed by atoms with Crippen LogP contribution in [0, 0.1) is 0 Å². The number of hydrogen-bond acceptors (Lipinski definition) is 7. The largest absolute Gasteiger partial charge is 0.469 e. The van der Waals surface area contributed by atoms with Gasteiger partial charge in [0, 0.05) is 11.8 Å². The monoisotopic (exact) mass is 418 g/mol. The Hall–Kier alpha value is -3.14. The van der Waals surface area contributed by atoms with Gasteiger partial charge >= 0.3 is 5.97 Å². The van der Waals surface area contributed by atoms with Gasteiger partial charge in [-0.2, -0.15) is 0 Å². The highest BCUT2D eigenvalue weighted by atomic mass is 32.2. The summed E-state index contributed by atoms with van der Waals surface area (Å²) in [4.78, 5) is 53.6. The predicted molar refractivity (Wildman–Crippen MR) is 109 cm³/mol. The lowest BCUT2D eigenvalue weighted by Crippen LogP contribution is -2.34. The first kappa shape index (κ1) is 22.2. The summed E-state index contributed by atoms with van der Waals surface area (Å²) in [5, 5.41) is 5.48. The molecule has 2 aromatic rings. The summed E-state index contributed by atoms with van der Waals surface area (Å²) in [6.45, 7) is 1.81. The number of carbonyl (C=O) groups is 3. The van der Waals surface area contributed by atoms with E-state index < -0.39 is 17.4 Å². The maximum atomic E-state index is 12.0. The highest BCUT2D eigenvalue weighted by molar-refractivity contribution is 7.99. The number of rotatable bonds is 9. The number of aromatic nitrogens is 2. The molecular weight excluding hydrogens is 396 g/mol. The van der Waals surface area contributed by atoms with Gasteiger partial charge in [0.25, 0.3) is 5.56 Å². The van der Waals surface area contributed by atoms with E-state index in [0.29, 0.717) is 5.69 Å². The number of methoxy groups -OCH3 is 1. The minimum atomic E-state index is -0.521. The molecule has 0 bridgehead atoms. The number of nitrogens with zero attached hydrogens (tertiary/aromatic N) is 1. The van der Waals surface area contributed by atoms with Crippen LogP contribution < -0.4 is 16.2 Å². The van der Waals surface area contributed by atoms with Crippen LogP contribution in [0.5, 0.6) is 0 Å². The molecule has 3 N–H and O–H groups in total. The number of carbonyl (C=O) groups excluding carboxylic acids is 3. The maximum Gasteiger partial charge on any atom is 0.311 e. The van der Waals surface area contributed by atoms with Crippen molar-refractivity contribution in [3.05, 3.63) is 51.9 Å². The van der Waals surface area contributed by atoms with Crippen molar-refractivity contribution >= 4 is 35.2 Å². The molecule has 0 saturated heterocycles. The zero-order valence-electron chi connectivity index (χ0n) is 16.1. The van der Waals surface area contributed by atoms with Crippen molar-refractivity contribution in [2.75, 3.05) is 24.7 Å². The number of nitrogens with one attached hydrogen (secondary N) is 3. The molecule has 1 aromatic carbocycles. The van der Waals surface area contributed by atoms with E-state index in [1.165, 1.54) is 13.2 Å². The SMILES string of the molecule is CCc1ccccc1NC(=O)CNC(=O)CSc1nc(CC(=O)OC)cc(=O)[nH]1. The number of amides is 2. The third-order valence-electron chi connectivity index (χ3n) is 3.78. The van der Waals surface area contributed by atoms with Crippen LogP contribution in [0.3, 0.4) is 0 Å². The van der Waals surface area contributed by atoms with E-state index >= 15 is 0 Å². The Bertz CT molecular complexity index is 944. The van der Waals surface area contributed by atoms with Crippen LogP contribution in [0.15, 0.2) is 40.3 Å². The van der Waals surface area contributed by atoms with Crippen molar-refractivity contribution in [3.8, 4) is 0 Å². The van der Waals surface area contributed by atoms with Gasteiger partial charge < -0.3 is 20.4 Å². The smallest absolute Gasteiger partial charge is 0.311 e. The molecule has 0 atom stereocenters. The lowest BCUT2D eigenvalue weighted by Gasteiger charge is -2.10. The minimum Gasteiger partial charge on any atom is -0.469 e. The zero-order chi connectivity index (χ0) is 21.2. The van der Waals surface area contributed by atoms with E-state index in [0.717, 1.165) is 23.7 Å². The average Bonchev–Trinajstić information content (AvgIpc) is 2.70. The van der Waals surface area contributed by atoms with Crippen molar-refractivity contribution in [1.82, 2.24) is 15.3 Å². The first-order valence-corrected chi connectivity index (χ1v) is 9.84. The molecule has 10 heteroatoms. The van der Waals surface area contributed by atoms with Crippen LogP contribution in [0.25, 0.3) is 0 Å². The van der Waals surface area contributed by atoms with E-state index in [1.807, 2.05) is 25.1 Å². The molecule has 0 aliphatic carbocycles. The van der Waals surface area contributed by atoms with Crippen LogP contribution >= 0.6 is 11.8 Å². The molecule has 0 aliphatic rings. The highest BCUT2D eigenvalue weighted by Crippen LogP contribution is 2.15. The molecule has 1 aromatic heterocycles. The van der Waals surface area contributed by atoms with Crippen LogP contribution in [0.1, 0.15) is 18.2 Å². The maximum absolute atomic E-state index is 12.0. The first-order valence-electron chi connectivity index (χ1n) is 8.85. The Balaban J connectivity index is 1.83. The predicted octanol–water partition coefficient (Wildman–Crippen LogP) is 0.895. The molecular formula is C19H22N4O5S. The van der Waals surface area contributed by atoms with Gasteiger partial charge in [-0.05, 0) is 18.1 Å². The van der Waals surface area contributed by atoms with Gasteiger partial charge in [0.05, 0.1) is 31.5 Å². The molecule has 29 heavy (non-hydrogen) atoms. The van der Waals surface area contributed by atoms with Crippen LogP contribution in [0.4, 0.5) is 5.69 Å². The molecule has 154 valence electrons. The van der Waals surface area contributed by atoms with Crippen molar-refractivity contribution in [3.63, 3.8) is 0 Å². The van der Waals surface area contributed by atoms with E-state index in [4.69, 9.17) is 0 Å². The van der Waals surface area contributed by atoms with Gasteiger partial charge in [-0.15, -0.1) is 0 Å². The lowest BCUT2D eigenvalue weighted by molar-refractivity contribution is -0.139. The molecule has 0 fully saturated rings. The van der Waals surface area contributed by atoms with Crippen molar-refractivity contribution in [2.24, 2.45) is 0 Å². The fraction of sp³-hybridized carbons (Fsp3) is 0.316. The van der Waals surface area contributed by atoms with Crippen LogP contribution in [0.2, 0.25) is 0 Å². The number of aryl methyl sites for hydroxylation is 1. The topological polar surface area (TPSA) is 130 Å². The second kappa shape index (κ2) is 11.0. The Morgan fingerprint density at radius 3 is 2.69 bits per heavy atom. The molecule has 2 rings (SSSR count). The zero-order valence-corrected chi connectivity index (χ0v) is 16.9. The summed E-state index contributed by atoms with van der Waals surface area (Å²) < 4.78 is 4.54. The quantitative estimate of drug-likeness (QED) is 0.313. The number of anilines is 1. The number of esters is 1. The number of thioether (sulfide) groups is 1. The Morgan fingerprint density at radius 1 is 1.21 bits per heavy atom. The second-order valence-corrected chi connectivity index (χ2v) is 6.88. The summed E-state index contributed by atoms with van der Waals surface area (Å²) in [5.74, 6) is -1.30. The van der Waals surface area contributed by atoms with Crippen molar-refractivity contribution in [1.29, 1.82) is 0 Å². The normalized spacial score (nSPS) is 10.3. The summed E-state index contributed by atoms with van der Waals surface area (Å²) in [6.07, 6.45) is 0.638. The summed E-state index contributed by atoms with van der Waals surface area (Å²) in [6, 6.07) is 8.64. The van der Waals surface area contributed by atoms with Crippen molar-refractivity contribution < 1.29 is 19.1 Å². The van der Waals surface area contributed by atoms with Gasteiger partial charge in [-0.25, -0.2) is 4.98 Å². The van der Waals surface area contributed by atoms with E-state index in [1.54, 1.807) is 6.07 Å². The third kappa shape index (κ3) is 7.41. The standard InChI is InChI=1S/C19H22N4O5S/c1-3-12-6-4-5-7-14(12)22-16(25)10-20-17(26)11-29-19-21-13(8-15(24)23-19)9-18(27)28-2/h4-8H,3,9-11H2,1-2H3,(H,20,26)(H,22,25)(H,21,23,24). The molecule has 1 heterocycles. The number of benzene rings is 1. The number of ether oxygens (including phenoxy) is 1. The minimum absolute atomic E-state index is 0.0521. The fourth-order valence-corrected chi connectivity index (χ4v) is 3.10. The van der Waals surface area contributed by atoms with Gasteiger partial charge in [0.1, 0.15) is 0 Å². The van der Waals surface area contributed by atoms with Gasteiger partial charge in [-0.1, -0.05) is 36.9 Å². The molecule has 0 spiro atoms. The lowest BCUT2D eigenvalue weighted by atomic mass is 10.1. The van der Waals surface area contributed by atoms with E-state index in [-0.39, 0.29) is 35.5 Å². The first-order chi connectivity index (χ1) is 13.9. The molecule has 0 radical (unpaired) electrons. The van der Waals surface area contributed by atoms with Crippen LogP contribution in [-0.2, 0) is 32.0 Å². The summed E-state index contributed by atoms with van der Waals surface area (Å²) >= 11 is 0.991. The third-order valence-corrected chi connectivity index (χ3v) is 4.66. The number of H-pyrrole nitrogens is 1. The Labute approximate surface area is 171 Å². The molecule has 0 aliphatic heterocycles. The number of aromatic amines is 1. The highest BCUT2D eigenvalue weighted by Gasteiger charge is 2.11.